The van der Waals surface area contributed by atoms with Gasteiger partial charge >= 0.3 is 0 Å². The van der Waals surface area contributed by atoms with E-state index in [-0.39, 0.29) is 0 Å². The van der Waals surface area contributed by atoms with E-state index >= 15 is 0 Å². The monoisotopic (exact) mass is 306 g/mol. The standard InChI is InChI=1S/C22H42/c1-2-3-4-11-22(18-9-16-20-12-5-6-13-20)19-10-17-21-14-7-8-15-21/h20-22H,2-19H2,1H3. The first-order valence-electron chi connectivity index (χ1n) is 10.9. The molecule has 0 aromatic rings. The highest BCUT2D eigenvalue weighted by Crippen LogP contribution is 2.33. The highest BCUT2D eigenvalue weighted by molar-refractivity contribution is 4.71. The largest absolute Gasteiger partial charge is 0.0654 e. The van der Waals surface area contributed by atoms with Crippen molar-refractivity contribution in [2.75, 3.05) is 0 Å². The lowest BCUT2D eigenvalue weighted by molar-refractivity contribution is 0.342. The van der Waals surface area contributed by atoms with E-state index in [2.05, 4.69) is 6.92 Å². The van der Waals surface area contributed by atoms with Crippen molar-refractivity contribution in [2.24, 2.45) is 17.8 Å². The van der Waals surface area contributed by atoms with Crippen LogP contribution in [-0.4, -0.2) is 0 Å². The molecule has 0 nitrogen and oxygen atoms in total. The second-order valence-electron chi connectivity index (χ2n) is 8.52. The van der Waals surface area contributed by atoms with E-state index in [0.29, 0.717) is 0 Å². The Balaban J connectivity index is 1.58. The van der Waals surface area contributed by atoms with Crippen LogP contribution in [0.4, 0.5) is 0 Å². The van der Waals surface area contributed by atoms with Gasteiger partial charge in [0.1, 0.15) is 0 Å². The molecule has 22 heavy (non-hydrogen) atoms. The van der Waals surface area contributed by atoms with Gasteiger partial charge in [0, 0.05) is 0 Å². The van der Waals surface area contributed by atoms with Gasteiger partial charge < -0.3 is 0 Å². The highest BCUT2D eigenvalue weighted by Gasteiger charge is 2.17. The fourth-order valence-electron chi connectivity index (χ4n) is 5.10. The van der Waals surface area contributed by atoms with Crippen molar-refractivity contribution in [3.63, 3.8) is 0 Å². The minimum absolute atomic E-state index is 1.06. The average Bonchev–Trinajstić information content (AvgIpc) is 3.20. The maximum atomic E-state index is 2.34. The number of hydrogen-bond donors (Lipinski definition) is 0. The molecule has 2 aliphatic rings. The van der Waals surface area contributed by atoms with Gasteiger partial charge in [-0.3, -0.25) is 0 Å². The Kier molecular flexibility index (Phi) is 9.61. The van der Waals surface area contributed by atoms with E-state index in [4.69, 9.17) is 0 Å². The highest BCUT2D eigenvalue weighted by atomic mass is 14.2. The van der Waals surface area contributed by atoms with Crippen LogP contribution in [0.25, 0.3) is 0 Å². The molecule has 0 heteroatoms. The Hall–Kier alpha value is 0. The van der Waals surface area contributed by atoms with E-state index in [0.717, 1.165) is 17.8 Å². The summed E-state index contributed by atoms with van der Waals surface area (Å²) >= 11 is 0. The summed E-state index contributed by atoms with van der Waals surface area (Å²) in [5.74, 6) is 3.28. The fourth-order valence-corrected chi connectivity index (χ4v) is 5.10. The van der Waals surface area contributed by atoms with Crippen LogP contribution >= 0.6 is 0 Å². The molecule has 2 saturated carbocycles. The summed E-state index contributed by atoms with van der Waals surface area (Å²) in [5.41, 5.74) is 0. The van der Waals surface area contributed by atoms with Gasteiger partial charge in [0.15, 0.2) is 0 Å². The van der Waals surface area contributed by atoms with Crippen molar-refractivity contribution >= 4 is 0 Å². The van der Waals surface area contributed by atoms with Gasteiger partial charge in [-0.25, -0.2) is 0 Å². The zero-order valence-corrected chi connectivity index (χ0v) is 15.5. The van der Waals surface area contributed by atoms with Crippen molar-refractivity contribution in [2.45, 2.75) is 122 Å². The Bertz CT molecular complexity index is 223. The summed E-state index contributed by atoms with van der Waals surface area (Å²) in [5, 5.41) is 0. The summed E-state index contributed by atoms with van der Waals surface area (Å²) in [6, 6.07) is 0. The molecular formula is C22H42. The van der Waals surface area contributed by atoms with Crippen molar-refractivity contribution in [1.29, 1.82) is 0 Å². The lowest BCUT2D eigenvalue weighted by Gasteiger charge is -2.19. The van der Waals surface area contributed by atoms with Crippen LogP contribution in [0.5, 0.6) is 0 Å². The molecule has 0 aliphatic heterocycles. The number of unbranched alkanes of at least 4 members (excludes halogenated alkanes) is 2. The maximum Gasteiger partial charge on any atom is -0.0414 e. The SMILES string of the molecule is CCCCCC(CCCC1CCCC1)CCCC1CCCC1. The van der Waals surface area contributed by atoms with Crippen molar-refractivity contribution in [3.8, 4) is 0 Å². The summed E-state index contributed by atoms with van der Waals surface area (Å²) < 4.78 is 0. The summed E-state index contributed by atoms with van der Waals surface area (Å²) in [4.78, 5) is 0. The summed E-state index contributed by atoms with van der Waals surface area (Å²) in [6.45, 7) is 2.34. The normalized spacial score (nSPS) is 20.5. The molecule has 0 atom stereocenters. The lowest BCUT2D eigenvalue weighted by Crippen LogP contribution is -2.04. The first-order chi connectivity index (χ1) is 10.9. The molecule has 0 radical (unpaired) electrons. The van der Waals surface area contributed by atoms with E-state index < -0.39 is 0 Å². The Morgan fingerprint density at radius 1 is 0.636 bits per heavy atom. The molecule has 0 aromatic carbocycles. The molecular weight excluding hydrogens is 264 g/mol. The van der Waals surface area contributed by atoms with Gasteiger partial charge in [-0.05, 0) is 17.8 Å². The molecule has 0 bridgehead atoms. The van der Waals surface area contributed by atoms with Crippen LogP contribution in [-0.2, 0) is 0 Å². The lowest BCUT2D eigenvalue weighted by atomic mass is 9.87. The van der Waals surface area contributed by atoms with Crippen molar-refractivity contribution in [3.05, 3.63) is 0 Å². The quantitative estimate of drug-likeness (QED) is 0.321. The van der Waals surface area contributed by atoms with E-state index in [9.17, 15) is 0 Å². The molecule has 130 valence electrons. The second-order valence-corrected chi connectivity index (χ2v) is 8.52. The molecule has 2 aliphatic carbocycles. The van der Waals surface area contributed by atoms with Crippen LogP contribution in [0, 0.1) is 17.8 Å². The van der Waals surface area contributed by atoms with Gasteiger partial charge in [0.25, 0.3) is 0 Å². The van der Waals surface area contributed by atoms with Crippen LogP contribution in [0.3, 0.4) is 0 Å². The molecule has 0 unspecified atom stereocenters. The number of rotatable bonds is 12. The Labute approximate surface area is 140 Å². The van der Waals surface area contributed by atoms with E-state index in [1.54, 1.807) is 51.4 Å². The minimum atomic E-state index is 1.06. The third-order valence-corrected chi connectivity index (χ3v) is 6.61. The third kappa shape index (κ3) is 7.51. The number of hydrogen-bond acceptors (Lipinski definition) is 0. The van der Waals surface area contributed by atoms with Crippen LogP contribution in [0.1, 0.15) is 122 Å². The first-order valence-corrected chi connectivity index (χ1v) is 10.9. The molecule has 2 rings (SSSR count). The van der Waals surface area contributed by atoms with Crippen LogP contribution < -0.4 is 0 Å². The first kappa shape index (κ1) is 18.3. The van der Waals surface area contributed by atoms with Crippen LogP contribution in [0.2, 0.25) is 0 Å². The molecule has 0 amide bonds. The van der Waals surface area contributed by atoms with Gasteiger partial charge in [0.05, 0.1) is 0 Å². The predicted octanol–water partition coefficient (Wildman–Crippen LogP) is 7.90. The molecule has 0 N–H and O–H groups in total. The van der Waals surface area contributed by atoms with Gasteiger partial charge in [-0.15, -0.1) is 0 Å². The minimum Gasteiger partial charge on any atom is -0.0654 e. The molecule has 0 heterocycles. The molecule has 0 saturated heterocycles. The molecule has 0 spiro atoms. The summed E-state index contributed by atoms with van der Waals surface area (Å²) in [7, 11) is 0. The average molecular weight is 307 g/mol. The molecule has 0 aromatic heterocycles. The fraction of sp³-hybridized carbons (Fsp3) is 1.00. The smallest absolute Gasteiger partial charge is 0.0414 e. The van der Waals surface area contributed by atoms with E-state index in [1.807, 2.05) is 0 Å². The van der Waals surface area contributed by atoms with Gasteiger partial charge in [-0.1, -0.05) is 122 Å². The maximum absolute atomic E-state index is 2.34. The Morgan fingerprint density at radius 3 is 1.55 bits per heavy atom. The van der Waals surface area contributed by atoms with Gasteiger partial charge in [0.2, 0.25) is 0 Å². The topological polar surface area (TPSA) is 0 Å². The molecule has 2 fully saturated rings. The Morgan fingerprint density at radius 2 is 1.09 bits per heavy atom. The zero-order chi connectivity index (χ0) is 15.5. The summed E-state index contributed by atoms with van der Waals surface area (Å²) in [6.07, 6.45) is 27.4. The zero-order valence-electron chi connectivity index (χ0n) is 15.5. The van der Waals surface area contributed by atoms with Crippen molar-refractivity contribution < 1.29 is 0 Å². The van der Waals surface area contributed by atoms with Gasteiger partial charge in [-0.2, -0.15) is 0 Å². The second kappa shape index (κ2) is 11.5. The third-order valence-electron chi connectivity index (χ3n) is 6.61. The van der Waals surface area contributed by atoms with E-state index in [1.165, 1.54) is 64.2 Å². The predicted molar refractivity (Wildman–Crippen MR) is 99.3 cm³/mol. The van der Waals surface area contributed by atoms with Crippen molar-refractivity contribution in [1.82, 2.24) is 0 Å². The van der Waals surface area contributed by atoms with Crippen LogP contribution in [0.15, 0.2) is 0 Å².